The summed E-state index contributed by atoms with van der Waals surface area (Å²) in [4.78, 5) is 0. The van der Waals surface area contributed by atoms with E-state index in [0.717, 1.165) is 0 Å². The summed E-state index contributed by atoms with van der Waals surface area (Å²) in [5.74, 6) is 0. The monoisotopic (exact) mass is 1830 g/mol. The van der Waals surface area contributed by atoms with Gasteiger partial charge >= 0.3 is 0 Å². The van der Waals surface area contributed by atoms with Gasteiger partial charge in [-0.2, -0.15) is 0 Å². The van der Waals surface area contributed by atoms with Crippen molar-refractivity contribution in [3.8, 4) is 128 Å². The Bertz CT molecular complexity index is 9820. The smallest absolute Gasteiger partial charge is 0.0541 e. The van der Waals surface area contributed by atoms with Crippen LogP contribution in [-0.4, -0.2) is 4.57 Å². The second-order valence-corrected chi connectivity index (χ2v) is 39.5. The molecule has 0 unspecified atom stereocenters. The van der Waals surface area contributed by atoms with Gasteiger partial charge in [0.05, 0.1) is 11.0 Å². The third kappa shape index (κ3) is 14.0. The summed E-state index contributed by atoms with van der Waals surface area (Å²) >= 11 is 1.89. The topological polar surface area (TPSA) is 4.93 Å². The lowest BCUT2D eigenvalue weighted by molar-refractivity contribution is 0.660. The van der Waals surface area contributed by atoms with Crippen molar-refractivity contribution in [2.45, 2.75) is 19.3 Å². The van der Waals surface area contributed by atoms with Crippen molar-refractivity contribution in [1.82, 2.24) is 4.57 Å². The SMILES string of the molecule is CC1(C)c2ccccc2-c2ccc(-c3ccc(-c4c5ccccc5c(-c5ccccc5)c5ccccc45)c4ccccc34)cc21.c1ccc(-c2c3ccccc3c(-c3ccc(-c4ccc5c(c4)c4ccccc4n5-c4ccccc4)c4ccccc34)c3ccccc23)cc1.c1ccc(-c2c3ccccc3c(-c3ccc(-c4cccc(-c5cccc6c5sc5ccccc56)c4)c4ccccc34)c3ccccc23)cc1. The van der Waals surface area contributed by atoms with E-state index in [1.807, 2.05) is 11.3 Å². The maximum absolute atomic E-state index is 2.44. The molecule has 0 atom stereocenters. The van der Waals surface area contributed by atoms with E-state index in [1.165, 1.54) is 278 Å². The molecule has 0 saturated carbocycles. The van der Waals surface area contributed by atoms with Crippen molar-refractivity contribution < 1.29 is 0 Å². The van der Waals surface area contributed by atoms with Crippen LogP contribution in [0.5, 0.6) is 0 Å². The molecule has 0 saturated heterocycles. The first-order chi connectivity index (χ1) is 70.8. The summed E-state index contributed by atoms with van der Waals surface area (Å²) in [5.41, 5.74) is 34.4. The minimum Gasteiger partial charge on any atom is -0.309 e. The van der Waals surface area contributed by atoms with Crippen LogP contribution in [0.3, 0.4) is 0 Å². The van der Waals surface area contributed by atoms with Gasteiger partial charge in [-0.15, -0.1) is 11.3 Å². The van der Waals surface area contributed by atoms with Crippen LogP contribution in [0.1, 0.15) is 25.0 Å². The molecule has 143 heavy (non-hydrogen) atoms. The van der Waals surface area contributed by atoms with Crippen LogP contribution in [0, 0.1) is 0 Å². The van der Waals surface area contributed by atoms with Crippen molar-refractivity contribution in [2.75, 3.05) is 0 Å². The average molecular weight is 1830 g/mol. The molecule has 1 nitrogen and oxygen atoms in total. The van der Waals surface area contributed by atoms with Gasteiger partial charge in [0.15, 0.2) is 0 Å². The van der Waals surface area contributed by atoms with Gasteiger partial charge in [0.2, 0.25) is 0 Å². The third-order valence-electron chi connectivity index (χ3n) is 30.3. The van der Waals surface area contributed by atoms with E-state index >= 15 is 0 Å². The third-order valence-corrected chi connectivity index (χ3v) is 31.6. The Hall–Kier alpha value is -17.9. The zero-order valence-electron chi connectivity index (χ0n) is 79.1. The molecule has 2 heterocycles. The normalized spacial score (nSPS) is 12.2. The van der Waals surface area contributed by atoms with Gasteiger partial charge in [0.25, 0.3) is 0 Å². The second-order valence-electron chi connectivity index (χ2n) is 38.5. The Labute approximate surface area is 834 Å². The predicted octanol–water partition coefficient (Wildman–Crippen LogP) is 39.9. The van der Waals surface area contributed by atoms with Crippen molar-refractivity contribution in [1.29, 1.82) is 0 Å². The molecule has 26 aromatic carbocycles. The Morgan fingerprint density at radius 3 is 0.860 bits per heavy atom. The molecule has 28 aromatic rings. The Kier molecular flexibility index (Phi) is 20.6. The Morgan fingerprint density at radius 2 is 0.427 bits per heavy atom. The van der Waals surface area contributed by atoms with Crippen LogP contribution in [0.15, 0.2) is 528 Å². The quantitative estimate of drug-likeness (QED) is 0.114. The van der Waals surface area contributed by atoms with E-state index in [1.54, 1.807) is 0 Å². The fourth-order valence-corrected chi connectivity index (χ4v) is 25.2. The number of hydrogen-bond donors (Lipinski definition) is 0. The lowest BCUT2D eigenvalue weighted by atomic mass is 9.81. The molecule has 0 amide bonds. The summed E-state index contributed by atoms with van der Waals surface area (Å²) in [6, 6.07) is 194. The summed E-state index contributed by atoms with van der Waals surface area (Å²) in [6.45, 7) is 4.72. The molecular weight excluding hydrogens is 1740 g/mol. The number of thiophene rings is 1. The number of hydrogen-bond acceptors (Lipinski definition) is 1. The molecule has 0 fully saturated rings. The summed E-state index contributed by atoms with van der Waals surface area (Å²) in [5, 5.41) is 28.1. The van der Waals surface area contributed by atoms with Crippen molar-refractivity contribution in [3.05, 3.63) is 539 Å². The number of aromatic nitrogens is 1. The minimum atomic E-state index is -0.0317. The van der Waals surface area contributed by atoms with Gasteiger partial charge in [-0.05, 0) is 279 Å². The van der Waals surface area contributed by atoms with E-state index in [4.69, 9.17) is 0 Å². The van der Waals surface area contributed by atoms with Crippen molar-refractivity contribution >= 4 is 150 Å². The van der Waals surface area contributed by atoms with E-state index in [-0.39, 0.29) is 5.41 Å². The molecule has 1 aliphatic carbocycles. The van der Waals surface area contributed by atoms with Crippen molar-refractivity contribution in [2.24, 2.45) is 0 Å². The fourth-order valence-electron chi connectivity index (χ4n) is 24.0. The molecule has 0 aliphatic heterocycles. The van der Waals surface area contributed by atoms with Gasteiger partial charge in [-0.1, -0.05) is 493 Å². The van der Waals surface area contributed by atoms with Crippen LogP contribution in [-0.2, 0) is 5.41 Å². The highest BCUT2D eigenvalue weighted by Crippen LogP contribution is 2.55. The summed E-state index contributed by atoms with van der Waals surface area (Å²) < 4.78 is 5.06. The highest BCUT2D eigenvalue weighted by atomic mass is 32.1. The first kappa shape index (κ1) is 84.4. The number of fused-ring (bicyclic) bond motifs is 18. The summed E-state index contributed by atoms with van der Waals surface area (Å²) in [6.07, 6.45) is 0. The summed E-state index contributed by atoms with van der Waals surface area (Å²) in [7, 11) is 0. The molecule has 2 aromatic heterocycles. The van der Waals surface area contributed by atoms with Gasteiger partial charge in [-0.25, -0.2) is 0 Å². The molecule has 0 bridgehead atoms. The van der Waals surface area contributed by atoms with Gasteiger partial charge < -0.3 is 4.57 Å². The van der Waals surface area contributed by atoms with Gasteiger partial charge in [0.1, 0.15) is 0 Å². The highest BCUT2D eigenvalue weighted by Gasteiger charge is 2.36. The molecule has 1 aliphatic rings. The van der Waals surface area contributed by atoms with Crippen molar-refractivity contribution in [3.63, 3.8) is 0 Å². The average Bonchev–Trinajstić information content (AvgIpc) is 1.72. The van der Waals surface area contributed by atoms with Crippen LogP contribution < -0.4 is 0 Å². The Balaban J connectivity index is 0.000000107. The molecule has 668 valence electrons. The van der Waals surface area contributed by atoms with Crippen LogP contribution in [0.4, 0.5) is 0 Å². The molecule has 29 rings (SSSR count). The fraction of sp³-hybridized carbons (Fsp3) is 0.0213. The number of nitrogens with zero attached hydrogens (tertiary/aromatic N) is 1. The largest absolute Gasteiger partial charge is 0.309 e. The molecular formula is C141H93NS. The maximum Gasteiger partial charge on any atom is 0.0541 e. The lowest BCUT2D eigenvalue weighted by Gasteiger charge is -2.22. The zero-order chi connectivity index (χ0) is 94.7. The maximum atomic E-state index is 2.44. The first-order valence-electron chi connectivity index (χ1n) is 49.7. The molecule has 0 spiro atoms. The standard InChI is InChI=1S/C48H31N.C48H30S.C45H32/c1-3-15-32(16-4-1)47-39-22-9-11-24-41(39)48(42-25-12-10-23-40(42)47)43-29-28-35(36-19-7-8-20-37(36)43)33-27-30-46-44(31-33)38-21-13-14-26-45(38)49(46)34-17-5-2-6-18-34;1-2-14-31(15-3-1)46-39-21-6-8-23-41(39)47(42-24-9-7-22-40(42)46)43-29-28-34(36-18-4-5-19-37(36)43)32-16-12-17-33(30-32)35-25-13-26-44-38-20-10-11-27-45(38)49-48(35)44;1-45(2)41-23-13-12-18-34(41)35-25-24-30(28-42(35)45)31-26-27-40(33-17-7-6-16-32(31)33)44-38-21-10-8-19-36(38)43(29-14-4-3-5-15-29)37-20-9-11-22-39(37)44/h1-31H;1-30H;3-28H,1-2H3. The van der Waals surface area contributed by atoms with Crippen LogP contribution in [0.2, 0.25) is 0 Å². The van der Waals surface area contributed by atoms with E-state index < -0.39 is 0 Å². The van der Waals surface area contributed by atoms with E-state index in [0.29, 0.717) is 0 Å². The van der Waals surface area contributed by atoms with Gasteiger partial charge in [-0.3, -0.25) is 0 Å². The zero-order valence-corrected chi connectivity index (χ0v) is 79.9. The van der Waals surface area contributed by atoms with Gasteiger partial charge in [0, 0.05) is 42.0 Å². The molecule has 0 N–H and O–H groups in total. The number of benzene rings is 26. The van der Waals surface area contributed by atoms with Crippen LogP contribution in [0.25, 0.3) is 267 Å². The first-order valence-corrected chi connectivity index (χ1v) is 50.5. The highest BCUT2D eigenvalue weighted by molar-refractivity contribution is 7.26. The van der Waals surface area contributed by atoms with E-state index in [9.17, 15) is 0 Å². The number of rotatable bonds is 11. The minimum absolute atomic E-state index is 0.0317. The predicted molar refractivity (Wildman–Crippen MR) is 616 cm³/mol. The molecule has 0 radical (unpaired) electrons. The second kappa shape index (κ2) is 34.9. The Morgan fingerprint density at radius 1 is 0.154 bits per heavy atom. The number of para-hydroxylation sites is 2. The molecule has 2 heteroatoms. The van der Waals surface area contributed by atoms with E-state index in [2.05, 4.69) is 546 Å². The van der Waals surface area contributed by atoms with Crippen LogP contribution >= 0.6 is 11.3 Å². The lowest BCUT2D eigenvalue weighted by Crippen LogP contribution is -2.14.